The van der Waals surface area contributed by atoms with Crippen molar-refractivity contribution in [1.82, 2.24) is 9.97 Å². The highest BCUT2D eigenvalue weighted by Gasteiger charge is 2.21. The molecule has 4 heteroatoms. The monoisotopic (exact) mass is 452 g/mol. The van der Waals surface area contributed by atoms with Gasteiger partial charge >= 0.3 is 0 Å². The average Bonchev–Trinajstić information content (AvgIpc) is 2.77. The van der Waals surface area contributed by atoms with Gasteiger partial charge in [-0.15, -0.1) is 0 Å². The maximum Gasteiger partial charge on any atom is 0.159 e. The molecule has 1 aliphatic carbocycles. The van der Waals surface area contributed by atoms with E-state index in [4.69, 9.17) is 0 Å². The van der Waals surface area contributed by atoms with Crippen molar-refractivity contribution >= 4 is 15.9 Å². The summed E-state index contributed by atoms with van der Waals surface area (Å²) in [5.41, 5.74) is 4.21. The maximum absolute atomic E-state index is 13.8. The molecule has 1 fully saturated rings. The quantitative estimate of drug-likeness (QED) is 0.394. The molecule has 0 bridgehead atoms. The number of aromatic nitrogens is 2. The lowest BCUT2D eigenvalue weighted by Gasteiger charge is -2.28. The summed E-state index contributed by atoms with van der Waals surface area (Å²) in [6.07, 6.45) is 11.7. The molecule has 0 aliphatic heterocycles. The summed E-state index contributed by atoms with van der Waals surface area (Å²) in [5.74, 6) is 1.85. The third-order valence-corrected chi connectivity index (χ3v) is 6.73. The summed E-state index contributed by atoms with van der Waals surface area (Å²) in [7, 11) is 0. The number of hydrogen-bond acceptors (Lipinski definition) is 2. The molecule has 1 heterocycles. The molecule has 4 rings (SSSR count). The summed E-state index contributed by atoms with van der Waals surface area (Å²) in [4.78, 5) is 8.88. The van der Waals surface area contributed by atoms with Gasteiger partial charge in [0.15, 0.2) is 5.82 Å². The molecule has 0 saturated heterocycles. The number of rotatable bonds is 5. The van der Waals surface area contributed by atoms with Crippen LogP contribution in [0.2, 0.25) is 0 Å². The zero-order valence-corrected chi connectivity index (χ0v) is 18.3. The van der Waals surface area contributed by atoms with Crippen LogP contribution in [-0.4, -0.2) is 9.97 Å². The number of nitrogens with zero attached hydrogens (tertiary/aromatic N) is 2. The Morgan fingerprint density at radius 2 is 1.55 bits per heavy atom. The first kappa shape index (κ1) is 20.2. The molecule has 0 atom stereocenters. The van der Waals surface area contributed by atoms with E-state index in [1.165, 1.54) is 50.2 Å². The number of halogens is 2. The van der Waals surface area contributed by atoms with Gasteiger partial charge in [0.25, 0.3) is 0 Å². The van der Waals surface area contributed by atoms with Crippen LogP contribution in [-0.2, 0) is 0 Å². The highest BCUT2D eigenvalue weighted by atomic mass is 79.9. The zero-order valence-electron chi connectivity index (χ0n) is 16.7. The van der Waals surface area contributed by atoms with Gasteiger partial charge in [-0.2, -0.15) is 0 Å². The van der Waals surface area contributed by atoms with Crippen LogP contribution in [0.15, 0.2) is 59.3 Å². The fourth-order valence-corrected chi connectivity index (χ4v) is 4.65. The van der Waals surface area contributed by atoms with Crippen molar-refractivity contribution in [2.45, 2.75) is 51.4 Å². The molecule has 0 N–H and O–H groups in total. The van der Waals surface area contributed by atoms with Gasteiger partial charge in [-0.05, 0) is 82.8 Å². The highest BCUT2D eigenvalue weighted by molar-refractivity contribution is 9.10. The highest BCUT2D eigenvalue weighted by Crippen LogP contribution is 2.38. The van der Waals surface area contributed by atoms with Crippen molar-refractivity contribution in [3.8, 4) is 22.5 Å². The van der Waals surface area contributed by atoms with E-state index >= 15 is 0 Å². The van der Waals surface area contributed by atoms with Crippen molar-refractivity contribution in [3.63, 3.8) is 0 Å². The third-order valence-electron chi connectivity index (χ3n) is 6.09. The first-order valence-electron chi connectivity index (χ1n) is 10.5. The summed E-state index contributed by atoms with van der Waals surface area (Å²) >= 11 is 3.17. The molecule has 0 amide bonds. The van der Waals surface area contributed by atoms with Crippen molar-refractivity contribution in [1.29, 1.82) is 0 Å². The molecule has 1 aromatic heterocycles. The Kier molecular flexibility index (Phi) is 6.39. The van der Waals surface area contributed by atoms with E-state index in [1.807, 2.05) is 18.5 Å². The largest absolute Gasteiger partial charge is 0.236 e. The van der Waals surface area contributed by atoms with Gasteiger partial charge in [0.1, 0.15) is 5.82 Å². The van der Waals surface area contributed by atoms with Gasteiger partial charge in [0, 0.05) is 23.5 Å². The van der Waals surface area contributed by atoms with Gasteiger partial charge in [0.05, 0.1) is 4.47 Å². The van der Waals surface area contributed by atoms with Gasteiger partial charge < -0.3 is 0 Å². The molecular weight excluding hydrogens is 427 g/mol. The minimum Gasteiger partial charge on any atom is -0.236 e. The standard InChI is InChI=1S/C25H26BrFN2/c1-2-3-17-4-6-18(7-5-17)19-8-10-20(11-9-19)22-15-28-25(29-16-22)21-12-13-23(26)24(27)14-21/h8-18H,2-7H2,1H3/t17-,18-. The third kappa shape index (κ3) is 4.75. The molecule has 1 aliphatic rings. The normalized spacial score (nSPS) is 19.3. The molecule has 29 heavy (non-hydrogen) atoms. The van der Waals surface area contributed by atoms with Crippen molar-refractivity contribution < 1.29 is 4.39 Å². The molecule has 0 unspecified atom stereocenters. The second-order valence-corrected chi connectivity index (χ2v) is 8.91. The predicted octanol–water partition coefficient (Wildman–Crippen LogP) is 7.79. The van der Waals surface area contributed by atoms with Crippen molar-refractivity contribution in [3.05, 3.63) is 70.7 Å². The Balaban J connectivity index is 1.44. The molecule has 150 valence electrons. The van der Waals surface area contributed by atoms with E-state index in [-0.39, 0.29) is 5.82 Å². The van der Waals surface area contributed by atoms with Gasteiger partial charge in [-0.1, -0.05) is 44.0 Å². The first-order chi connectivity index (χ1) is 14.1. The predicted molar refractivity (Wildman–Crippen MR) is 120 cm³/mol. The first-order valence-corrected chi connectivity index (χ1v) is 11.3. The zero-order chi connectivity index (χ0) is 20.2. The summed E-state index contributed by atoms with van der Waals surface area (Å²) in [6.45, 7) is 2.29. The molecular formula is C25H26BrFN2. The van der Waals surface area contributed by atoms with Gasteiger partial charge in [-0.3, -0.25) is 0 Å². The van der Waals surface area contributed by atoms with Gasteiger partial charge in [-0.25, -0.2) is 14.4 Å². The Hall–Kier alpha value is -2.07. The minimum atomic E-state index is -0.311. The fourth-order valence-electron chi connectivity index (χ4n) is 4.40. The topological polar surface area (TPSA) is 25.8 Å². The average molecular weight is 453 g/mol. The Labute approximate surface area is 180 Å². The van der Waals surface area contributed by atoms with E-state index in [0.717, 1.165) is 17.0 Å². The molecule has 3 aromatic rings. The second-order valence-electron chi connectivity index (χ2n) is 8.05. The Morgan fingerprint density at radius 1 is 0.897 bits per heavy atom. The molecule has 0 radical (unpaired) electrons. The van der Waals surface area contributed by atoms with Crippen LogP contribution >= 0.6 is 15.9 Å². The van der Waals surface area contributed by atoms with Crippen LogP contribution in [0.25, 0.3) is 22.5 Å². The summed E-state index contributed by atoms with van der Waals surface area (Å²) < 4.78 is 14.2. The van der Waals surface area contributed by atoms with Crippen LogP contribution in [0.1, 0.15) is 56.9 Å². The Bertz CT molecular complexity index is 946. The number of hydrogen-bond donors (Lipinski definition) is 0. The van der Waals surface area contributed by atoms with Crippen molar-refractivity contribution in [2.75, 3.05) is 0 Å². The number of benzene rings is 2. The van der Waals surface area contributed by atoms with E-state index in [2.05, 4.69) is 57.1 Å². The van der Waals surface area contributed by atoms with Crippen LogP contribution < -0.4 is 0 Å². The second kappa shape index (κ2) is 9.17. The van der Waals surface area contributed by atoms with Gasteiger partial charge in [0.2, 0.25) is 0 Å². The molecule has 2 nitrogen and oxygen atoms in total. The van der Waals surface area contributed by atoms with Crippen LogP contribution in [0.3, 0.4) is 0 Å². The molecule has 1 saturated carbocycles. The lowest BCUT2D eigenvalue weighted by Crippen LogP contribution is -2.13. The minimum absolute atomic E-state index is 0.311. The van der Waals surface area contributed by atoms with Crippen LogP contribution in [0.4, 0.5) is 4.39 Å². The van der Waals surface area contributed by atoms with E-state index in [1.54, 1.807) is 6.07 Å². The summed E-state index contributed by atoms with van der Waals surface area (Å²) in [5, 5.41) is 0. The maximum atomic E-state index is 13.8. The SMILES string of the molecule is CCC[C@H]1CC[C@H](c2ccc(-c3cnc(-c4ccc(Br)c(F)c4)nc3)cc2)CC1. The summed E-state index contributed by atoms with van der Waals surface area (Å²) in [6, 6.07) is 13.8. The van der Waals surface area contributed by atoms with E-state index < -0.39 is 0 Å². The van der Waals surface area contributed by atoms with Crippen LogP contribution in [0.5, 0.6) is 0 Å². The lowest BCUT2D eigenvalue weighted by atomic mass is 9.77. The molecule has 0 spiro atoms. The molecule has 2 aromatic carbocycles. The fraction of sp³-hybridized carbons (Fsp3) is 0.360. The smallest absolute Gasteiger partial charge is 0.159 e. The lowest BCUT2D eigenvalue weighted by molar-refractivity contribution is 0.308. The van der Waals surface area contributed by atoms with Crippen LogP contribution in [0, 0.1) is 11.7 Å². The van der Waals surface area contributed by atoms with E-state index in [9.17, 15) is 4.39 Å². The van der Waals surface area contributed by atoms with Crippen molar-refractivity contribution in [2.24, 2.45) is 5.92 Å². The van der Waals surface area contributed by atoms with E-state index in [0.29, 0.717) is 21.8 Å². The Morgan fingerprint density at radius 3 is 2.17 bits per heavy atom.